The van der Waals surface area contributed by atoms with Crippen LogP contribution in [-0.2, 0) is 12.6 Å². The molecule has 21 heavy (non-hydrogen) atoms. The number of alkyl halides is 3. The number of aliphatic hydroxyl groups is 1. The van der Waals surface area contributed by atoms with Crippen LogP contribution in [0.5, 0.6) is 0 Å². The van der Waals surface area contributed by atoms with E-state index in [1.807, 2.05) is 0 Å². The van der Waals surface area contributed by atoms with Crippen molar-refractivity contribution in [1.82, 2.24) is 5.32 Å². The molecule has 1 aromatic rings. The Morgan fingerprint density at radius 2 is 1.76 bits per heavy atom. The summed E-state index contributed by atoms with van der Waals surface area (Å²) >= 11 is 0. The third-order valence-electron chi connectivity index (χ3n) is 4.22. The topological polar surface area (TPSA) is 32.3 Å². The second kappa shape index (κ2) is 6.36. The maximum atomic E-state index is 12.5. The van der Waals surface area contributed by atoms with Crippen molar-refractivity contribution in [2.75, 3.05) is 6.54 Å². The van der Waals surface area contributed by atoms with Gasteiger partial charge in [-0.05, 0) is 49.9 Å². The van der Waals surface area contributed by atoms with Crippen molar-refractivity contribution in [3.8, 4) is 0 Å². The molecule has 0 heterocycles. The largest absolute Gasteiger partial charge is 0.416 e. The van der Waals surface area contributed by atoms with E-state index >= 15 is 0 Å². The number of nitrogens with one attached hydrogen (secondary N) is 1. The van der Waals surface area contributed by atoms with Gasteiger partial charge in [-0.3, -0.25) is 0 Å². The molecule has 2 N–H and O–H groups in total. The van der Waals surface area contributed by atoms with Crippen LogP contribution in [0.3, 0.4) is 0 Å². The predicted molar refractivity (Wildman–Crippen MR) is 76.0 cm³/mol. The van der Waals surface area contributed by atoms with Gasteiger partial charge in [0.2, 0.25) is 0 Å². The Labute approximate surface area is 123 Å². The molecule has 1 aliphatic carbocycles. The summed E-state index contributed by atoms with van der Waals surface area (Å²) in [5.41, 5.74) is -0.674. The van der Waals surface area contributed by atoms with Crippen molar-refractivity contribution in [2.24, 2.45) is 0 Å². The van der Waals surface area contributed by atoms with Crippen LogP contribution in [0.15, 0.2) is 24.3 Å². The van der Waals surface area contributed by atoms with Crippen LogP contribution in [0.4, 0.5) is 13.2 Å². The normalized spacial score (nSPS) is 26.8. The van der Waals surface area contributed by atoms with Gasteiger partial charge in [0.15, 0.2) is 0 Å². The first kappa shape index (κ1) is 16.3. The highest BCUT2D eigenvalue weighted by molar-refractivity contribution is 5.25. The molecule has 2 rings (SSSR count). The number of rotatable bonds is 4. The average Bonchev–Trinajstić information content (AvgIpc) is 2.41. The fraction of sp³-hybridized carbons (Fsp3) is 0.625. The standard InChI is InChI=1S/C16H22F3NO/c1-2-20-14-7-9-15(21,10-8-14)11-12-3-5-13(6-4-12)16(17,18)19/h3-6,14,20-21H,2,7-11H2,1H3. The van der Waals surface area contributed by atoms with Crippen LogP contribution >= 0.6 is 0 Å². The summed E-state index contributed by atoms with van der Waals surface area (Å²) in [6.45, 7) is 2.98. The van der Waals surface area contributed by atoms with Crippen LogP contribution in [0, 0.1) is 0 Å². The SMILES string of the molecule is CCNC1CCC(O)(Cc2ccc(C(F)(F)F)cc2)CC1. The van der Waals surface area contributed by atoms with Gasteiger partial charge in [0.05, 0.1) is 11.2 Å². The maximum absolute atomic E-state index is 12.5. The Hall–Kier alpha value is -1.07. The third-order valence-corrected chi connectivity index (χ3v) is 4.22. The van der Waals surface area contributed by atoms with Crippen molar-refractivity contribution in [3.05, 3.63) is 35.4 Å². The molecule has 1 saturated carbocycles. The van der Waals surface area contributed by atoms with Gasteiger partial charge < -0.3 is 10.4 Å². The van der Waals surface area contributed by atoms with Crippen molar-refractivity contribution in [3.63, 3.8) is 0 Å². The van der Waals surface area contributed by atoms with Crippen molar-refractivity contribution in [1.29, 1.82) is 0 Å². The van der Waals surface area contributed by atoms with Crippen LogP contribution in [0.25, 0.3) is 0 Å². The molecule has 0 aromatic heterocycles. The molecule has 0 unspecified atom stereocenters. The molecule has 1 aliphatic rings. The Morgan fingerprint density at radius 3 is 2.24 bits per heavy atom. The molecule has 118 valence electrons. The van der Waals surface area contributed by atoms with E-state index in [9.17, 15) is 18.3 Å². The summed E-state index contributed by atoms with van der Waals surface area (Å²) in [5.74, 6) is 0. The van der Waals surface area contributed by atoms with Gasteiger partial charge in [-0.25, -0.2) is 0 Å². The van der Waals surface area contributed by atoms with Crippen molar-refractivity contribution in [2.45, 2.75) is 56.8 Å². The number of hydrogen-bond donors (Lipinski definition) is 2. The molecule has 5 heteroatoms. The quantitative estimate of drug-likeness (QED) is 0.891. The monoisotopic (exact) mass is 301 g/mol. The molecule has 1 fully saturated rings. The van der Waals surface area contributed by atoms with Gasteiger partial charge >= 0.3 is 6.18 Å². The molecule has 0 amide bonds. The van der Waals surface area contributed by atoms with E-state index in [4.69, 9.17) is 0 Å². The Bertz CT molecular complexity index is 448. The average molecular weight is 301 g/mol. The van der Waals surface area contributed by atoms with Gasteiger partial charge in [0.1, 0.15) is 0 Å². The second-order valence-corrected chi connectivity index (χ2v) is 5.93. The molecule has 0 radical (unpaired) electrons. The first-order chi connectivity index (χ1) is 9.82. The summed E-state index contributed by atoms with van der Waals surface area (Å²) < 4.78 is 37.5. The summed E-state index contributed by atoms with van der Waals surface area (Å²) in [6, 6.07) is 5.56. The Morgan fingerprint density at radius 1 is 1.19 bits per heavy atom. The van der Waals surface area contributed by atoms with Crippen LogP contribution in [-0.4, -0.2) is 23.3 Å². The summed E-state index contributed by atoms with van der Waals surface area (Å²) in [5, 5.41) is 14.0. The highest BCUT2D eigenvalue weighted by atomic mass is 19.4. The summed E-state index contributed by atoms with van der Waals surface area (Å²) in [6.07, 6.45) is -0.698. The maximum Gasteiger partial charge on any atom is 0.416 e. The number of halogens is 3. The van der Waals surface area contributed by atoms with E-state index in [1.165, 1.54) is 12.1 Å². The zero-order chi connectivity index (χ0) is 15.5. The van der Waals surface area contributed by atoms with Crippen LogP contribution < -0.4 is 5.32 Å². The smallest absolute Gasteiger partial charge is 0.390 e. The van der Waals surface area contributed by atoms with E-state index in [0.29, 0.717) is 25.3 Å². The molecular formula is C16H22F3NO. The van der Waals surface area contributed by atoms with E-state index in [-0.39, 0.29) is 0 Å². The van der Waals surface area contributed by atoms with Gasteiger partial charge in [0, 0.05) is 12.5 Å². The molecule has 0 aliphatic heterocycles. The lowest BCUT2D eigenvalue weighted by molar-refractivity contribution is -0.137. The lowest BCUT2D eigenvalue weighted by Gasteiger charge is -2.36. The number of benzene rings is 1. The molecular weight excluding hydrogens is 279 g/mol. The van der Waals surface area contributed by atoms with E-state index < -0.39 is 17.3 Å². The first-order valence-corrected chi connectivity index (χ1v) is 7.44. The van der Waals surface area contributed by atoms with Gasteiger partial charge in [-0.15, -0.1) is 0 Å². The Balaban J connectivity index is 1.95. The van der Waals surface area contributed by atoms with Crippen molar-refractivity contribution >= 4 is 0 Å². The minimum atomic E-state index is -4.31. The molecule has 0 saturated heterocycles. The Kier molecular flexibility index (Phi) is 4.94. The lowest BCUT2D eigenvalue weighted by atomic mass is 9.78. The highest BCUT2D eigenvalue weighted by Crippen LogP contribution is 2.33. The first-order valence-electron chi connectivity index (χ1n) is 7.44. The van der Waals surface area contributed by atoms with Crippen LogP contribution in [0.1, 0.15) is 43.7 Å². The molecule has 0 atom stereocenters. The minimum absolute atomic E-state index is 0.421. The predicted octanol–water partition coefficient (Wildman–Crippen LogP) is 3.53. The highest BCUT2D eigenvalue weighted by Gasteiger charge is 2.34. The van der Waals surface area contributed by atoms with Gasteiger partial charge in [-0.1, -0.05) is 19.1 Å². The van der Waals surface area contributed by atoms with Gasteiger partial charge in [-0.2, -0.15) is 13.2 Å². The number of hydrogen-bond acceptors (Lipinski definition) is 2. The van der Waals surface area contributed by atoms with E-state index in [1.54, 1.807) is 0 Å². The van der Waals surface area contributed by atoms with Crippen molar-refractivity contribution < 1.29 is 18.3 Å². The second-order valence-electron chi connectivity index (χ2n) is 5.93. The fourth-order valence-electron chi connectivity index (χ4n) is 3.02. The molecule has 0 bridgehead atoms. The summed E-state index contributed by atoms with van der Waals surface area (Å²) in [7, 11) is 0. The molecule has 0 spiro atoms. The minimum Gasteiger partial charge on any atom is -0.390 e. The molecule has 1 aromatic carbocycles. The van der Waals surface area contributed by atoms with E-state index in [2.05, 4.69) is 12.2 Å². The van der Waals surface area contributed by atoms with Gasteiger partial charge in [0.25, 0.3) is 0 Å². The summed E-state index contributed by atoms with van der Waals surface area (Å²) in [4.78, 5) is 0. The lowest BCUT2D eigenvalue weighted by Crippen LogP contribution is -2.42. The zero-order valence-corrected chi connectivity index (χ0v) is 12.2. The zero-order valence-electron chi connectivity index (χ0n) is 12.2. The fourth-order valence-corrected chi connectivity index (χ4v) is 3.02. The third kappa shape index (κ3) is 4.45. The molecule has 2 nitrogen and oxygen atoms in total. The van der Waals surface area contributed by atoms with E-state index in [0.717, 1.165) is 37.1 Å². The van der Waals surface area contributed by atoms with Crippen LogP contribution in [0.2, 0.25) is 0 Å².